The molecule has 0 fully saturated rings. The van der Waals surface area contributed by atoms with Gasteiger partial charge in [0, 0.05) is 17.0 Å². The van der Waals surface area contributed by atoms with Gasteiger partial charge >= 0.3 is 0 Å². The Labute approximate surface area is 166 Å². The van der Waals surface area contributed by atoms with Crippen LogP contribution in [0.25, 0.3) is 16.6 Å². The summed E-state index contributed by atoms with van der Waals surface area (Å²) < 4.78 is 0. The van der Waals surface area contributed by atoms with Crippen LogP contribution < -0.4 is 5.32 Å². The molecule has 0 saturated carbocycles. The second kappa shape index (κ2) is 8.49. The normalized spacial score (nSPS) is 11.0. The minimum atomic E-state index is -0.193. The fourth-order valence-corrected chi connectivity index (χ4v) is 3.57. The molecule has 3 rings (SSSR count). The molecule has 2 aromatic carbocycles. The van der Waals surface area contributed by atoms with E-state index in [0.717, 1.165) is 21.8 Å². The van der Waals surface area contributed by atoms with E-state index in [4.69, 9.17) is 23.2 Å². The summed E-state index contributed by atoms with van der Waals surface area (Å²) in [7, 11) is 0. The van der Waals surface area contributed by atoms with Gasteiger partial charge in [0.15, 0.2) is 0 Å². The zero-order chi connectivity index (χ0) is 18.5. The number of aromatic nitrogens is 1. The molecule has 0 bridgehead atoms. The van der Waals surface area contributed by atoms with E-state index in [0.29, 0.717) is 16.6 Å². The first-order chi connectivity index (χ1) is 12.5. The number of nitrogens with one attached hydrogen (secondary N) is 1. The van der Waals surface area contributed by atoms with Crippen molar-refractivity contribution < 1.29 is 4.79 Å². The third-order valence-corrected chi connectivity index (χ3v) is 5.41. The first-order valence-corrected chi connectivity index (χ1v) is 9.58. The fraction of sp³-hybridized carbons (Fsp3) is 0.100. The van der Waals surface area contributed by atoms with Crippen LogP contribution in [0.15, 0.2) is 53.9 Å². The Bertz CT molecular complexity index is 966. The monoisotopic (exact) mass is 402 g/mol. The molecule has 3 aromatic rings. The Balaban J connectivity index is 1.59. The molecule has 0 saturated heterocycles. The highest BCUT2D eigenvalue weighted by molar-refractivity contribution is 7.13. The molecule has 0 aliphatic rings. The van der Waals surface area contributed by atoms with E-state index in [9.17, 15) is 4.79 Å². The van der Waals surface area contributed by atoms with Crippen LogP contribution in [0.2, 0.25) is 10.0 Å². The van der Waals surface area contributed by atoms with Crippen LogP contribution in [0.3, 0.4) is 0 Å². The number of halogens is 2. The highest BCUT2D eigenvalue weighted by Gasteiger charge is 2.07. The van der Waals surface area contributed by atoms with Crippen molar-refractivity contribution in [1.82, 2.24) is 10.3 Å². The van der Waals surface area contributed by atoms with Crippen LogP contribution in [0, 0.1) is 6.92 Å². The third-order valence-electron chi connectivity index (χ3n) is 3.74. The highest BCUT2D eigenvalue weighted by atomic mass is 35.5. The van der Waals surface area contributed by atoms with Gasteiger partial charge < -0.3 is 5.32 Å². The van der Waals surface area contributed by atoms with Gasteiger partial charge in [-0.2, -0.15) is 0 Å². The number of amides is 1. The standard InChI is InChI=1S/C20H16Cl2N2OS/c1-13-4-2-3-5-16(13)20-24-15(12-26-20)11-23-19(25)9-7-14-6-8-17(21)18(22)10-14/h2-10,12H,11H2,1H3,(H,23,25)/b9-7+. The lowest BCUT2D eigenvalue weighted by Crippen LogP contribution is -2.20. The summed E-state index contributed by atoms with van der Waals surface area (Å²) in [6.07, 6.45) is 3.16. The lowest BCUT2D eigenvalue weighted by molar-refractivity contribution is -0.116. The summed E-state index contributed by atoms with van der Waals surface area (Å²) >= 11 is 13.4. The highest BCUT2D eigenvalue weighted by Crippen LogP contribution is 2.26. The molecule has 1 heterocycles. The number of hydrogen-bond acceptors (Lipinski definition) is 3. The van der Waals surface area contributed by atoms with Crippen LogP contribution in [-0.4, -0.2) is 10.9 Å². The quantitative estimate of drug-likeness (QED) is 0.551. The molecule has 0 aliphatic heterocycles. The molecule has 0 radical (unpaired) electrons. The van der Waals surface area contributed by atoms with Crippen LogP contribution in [0.5, 0.6) is 0 Å². The van der Waals surface area contributed by atoms with E-state index >= 15 is 0 Å². The summed E-state index contributed by atoms with van der Waals surface area (Å²) in [6, 6.07) is 13.3. The van der Waals surface area contributed by atoms with Crippen LogP contribution in [0.4, 0.5) is 0 Å². The van der Waals surface area contributed by atoms with Crippen molar-refractivity contribution in [3.63, 3.8) is 0 Å². The second-order valence-electron chi connectivity index (χ2n) is 5.68. The Morgan fingerprint density at radius 1 is 1.19 bits per heavy atom. The topological polar surface area (TPSA) is 42.0 Å². The average Bonchev–Trinajstić information content (AvgIpc) is 3.10. The maximum Gasteiger partial charge on any atom is 0.244 e. The Morgan fingerprint density at radius 3 is 2.77 bits per heavy atom. The minimum Gasteiger partial charge on any atom is -0.347 e. The first-order valence-electron chi connectivity index (χ1n) is 7.94. The number of nitrogens with zero attached hydrogens (tertiary/aromatic N) is 1. The van der Waals surface area contributed by atoms with Gasteiger partial charge in [0.1, 0.15) is 5.01 Å². The molecule has 1 N–H and O–H groups in total. The van der Waals surface area contributed by atoms with Gasteiger partial charge in [-0.1, -0.05) is 53.5 Å². The first kappa shape index (κ1) is 18.6. The number of rotatable bonds is 5. The van der Waals surface area contributed by atoms with E-state index in [1.165, 1.54) is 11.6 Å². The lowest BCUT2D eigenvalue weighted by Gasteiger charge is -2.01. The molecule has 0 aliphatic carbocycles. The SMILES string of the molecule is Cc1ccccc1-c1nc(CNC(=O)/C=C/c2ccc(Cl)c(Cl)c2)cs1. The number of thiazole rings is 1. The summed E-state index contributed by atoms with van der Waals surface area (Å²) in [6.45, 7) is 2.44. The van der Waals surface area contributed by atoms with Gasteiger partial charge in [-0.3, -0.25) is 4.79 Å². The van der Waals surface area contributed by atoms with Gasteiger partial charge in [0.2, 0.25) is 5.91 Å². The Kier molecular flexibility index (Phi) is 6.09. The van der Waals surface area contributed by atoms with Gasteiger partial charge in [-0.15, -0.1) is 11.3 Å². The van der Waals surface area contributed by atoms with Crippen LogP contribution >= 0.6 is 34.5 Å². The number of hydrogen-bond donors (Lipinski definition) is 1. The molecule has 0 unspecified atom stereocenters. The van der Waals surface area contributed by atoms with Gasteiger partial charge in [-0.25, -0.2) is 4.98 Å². The van der Waals surface area contributed by atoms with Crippen molar-refractivity contribution in [2.45, 2.75) is 13.5 Å². The Morgan fingerprint density at radius 2 is 2.00 bits per heavy atom. The predicted octanol–water partition coefficient (Wildman–Crippen LogP) is 5.75. The average molecular weight is 403 g/mol. The van der Waals surface area contributed by atoms with E-state index < -0.39 is 0 Å². The zero-order valence-corrected chi connectivity index (χ0v) is 16.3. The van der Waals surface area contributed by atoms with E-state index in [-0.39, 0.29) is 5.91 Å². The van der Waals surface area contributed by atoms with Gasteiger partial charge in [-0.05, 0) is 36.3 Å². The van der Waals surface area contributed by atoms with Crippen molar-refractivity contribution in [2.75, 3.05) is 0 Å². The van der Waals surface area contributed by atoms with E-state index in [1.54, 1.807) is 35.6 Å². The number of carbonyl (C=O) groups excluding carboxylic acids is 1. The van der Waals surface area contributed by atoms with Crippen molar-refractivity contribution in [3.8, 4) is 10.6 Å². The molecule has 6 heteroatoms. The van der Waals surface area contributed by atoms with Gasteiger partial charge in [0.25, 0.3) is 0 Å². The van der Waals surface area contributed by atoms with Crippen molar-refractivity contribution in [1.29, 1.82) is 0 Å². The predicted molar refractivity (Wildman–Crippen MR) is 110 cm³/mol. The maximum absolute atomic E-state index is 12.0. The van der Waals surface area contributed by atoms with Crippen LogP contribution in [-0.2, 0) is 11.3 Å². The van der Waals surface area contributed by atoms with Crippen molar-refractivity contribution >= 4 is 46.5 Å². The molecule has 1 aromatic heterocycles. The summed E-state index contributed by atoms with van der Waals surface area (Å²) in [5.74, 6) is -0.193. The van der Waals surface area contributed by atoms with Gasteiger partial charge in [0.05, 0.1) is 22.3 Å². The van der Waals surface area contributed by atoms with E-state index in [1.807, 2.05) is 17.5 Å². The molecule has 132 valence electrons. The number of carbonyl (C=O) groups is 1. The molecule has 0 spiro atoms. The largest absolute Gasteiger partial charge is 0.347 e. The fourth-order valence-electron chi connectivity index (χ4n) is 2.35. The summed E-state index contributed by atoms with van der Waals surface area (Å²) in [5, 5.41) is 6.70. The van der Waals surface area contributed by atoms with Crippen molar-refractivity contribution in [3.05, 3.63) is 80.8 Å². The number of benzene rings is 2. The van der Waals surface area contributed by atoms with E-state index in [2.05, 4.69) is 29.4 Å². The maximum atomic E-state index is 12.0. The smallest absolute Gasteiger partial charge is 0.244 e. The van der Waals surface area contributed by atoms with Crippen LogP contribution in [0.1, 0.15) is 16.8 Å². The Hall–Kier alpha value is -2.14. The summed E-state index contributed by atoms with van der Waals surface area (Å²) in [5.41, 5.74) is 3.95. The third kappa shape index (κ3) is 4.73. The molecule has 1 amide bonds. The molecule has 0 atom stereocenters. The van der Waals surface area contributed by atoms with Crippen molar-refractivity contribution in [2.24, 2.45) is 0 Å². The lowest BCUT2D eigenvalue weighted by atomic mass is 10.1. The second-order valence-corrected chi connectivity index (χ2v) is 7.36. The molecule has 26 heavy (non-hydrogen) atoms. The molecule has 3 nitrogen and oxygen atoms in total. The summed E-state index contributed by atoms with van der Waals surface area (Å²) in [4.78, 5) is 16.6. The number of aryl methyl sites for hydroxylation is 1. The minimum absolute atomic E-state index is 0.193. The zero-order valence-electron chi connectivity index (χ0n) is 14.0. The molecular formula is C20H16Cl2N2OS. The molecular weight excluding hydrogens is 387 g/mol.